The standard InChI is InChI=1S/C15H29NO3/c1-12(2)14(5-8-16)3-4-15(17)19-11-13-6-9-18-10-7-13/h12-14H,3-11,16H2,1-2H3. The lowest BCUT2D eigenvalue weighted by Gasteiger charge is -2.22. The van der Waals surface area contributed by atoms with Crippen molar-refractivity contribution >= 4 is 5.97 Å². The zero-order chi connectivity index (χ0) is 14.1. The van der Waals surface area contributed by atoms with Crippen LogP contribution in [0.25, 0.3) is 0 Å². The number of carbonyl (C=O) groups excluding carboxylic acids is 1. The molecule has 4 heteroatoms. The maximum Gasteiger partial charge on any atom is 0.305 e. The summed E-state index contributed by atoms with van der Waals surface area (Å²) in [5.74, 6) is 1.53. The van der Waals surface area contributed by atoms with Gasteiger partial charge in [0.1, 0.15) is 0 Å². The van der Waals surface area contributed by atoms with Gasteiger partial charge in [-0.25, -0.2) is 0 Å². The molecule has 112 valence electrons. The summed E-state index contributed by atoms with van der Waals surface area (Å²) in [6.45, 7) is 7.23. The highest BCUT2D eigenvalue weighted by Gasteiger charge is 2.18. The lowest BCUT2D eigenvalue weighted by Crippen LogP contribution is -2.22. The minimum Gasteiger partial charge on any atom is -0.465 e. The third kappa shape index (κ3) is 6.92. The van der Waals surface area contributed by atoms with E-state index in [9.17, 15) is 4.79 Å². The number of hydrogen-bond donors (Lipinski definition) is 1. The predicted octanol–water partition coefficient (Wildman–Crippen LogP) is 2.36. The van der Waals surface area contributed by atoms with Crippen LogP contribution in [0.4, 0.5) is 0 Å². The molecule has 4 nitrogen and oxygen atoms in total. The second-order valence-corrected chi connectivity index (χ2v) is 5.86. The molecule has 1 unspecified atom stereocenters. The molecule has 1 aliphatic rings. The zero-order valence-corrected chi connectivity index (χ0v) is 12.4. The van der Waals surface area contributed by atoms with Gasteiger partial charge < -0.3 is 15.2 Å². The maximum atomic E-state index is 11.7. The van der Waals surface area contributed by atoms with Gasteiger partial charge in [-0.05, 0) is 50.0 Å². The molecule has 0 aromatic rings. The van der Waals surface area contributed by atoms with Crippen LogP contribution in [0, 0.1) is 17.8 Å². The first kappa shape index (κ1) is 16.4. The molecule has 1 rings (SSSR count). The fourth-order valence-corrected chi connectivity index (χ4v) is 2.52. The Hall–Kier alpha value is -0.610. The van der Waals surface area contributed by atoms with Crippen molar-refractivity contribution < 1.29 is 14.3 Å². The van der Waals surface area contributed by atoms with Crippen LogP contribution in [0.2, 0.25) is 0 Å². The van der Waals surface area contributed by atoms with Crippen molar-refractivity contribution in [1.29, 1.82) is 0 Å². The van der Waals surface area contributed by atoms with E-state index in [1.54, 1.807) is 0 Å². The highest BCUT2D eigenvalue weighted by Crippen LogP contribution is 2.21. The lowest BCUT2D eigenvalue weighted by atomic mass is 9.88. The van der Waals surface area contributed by atoms with E-state index in [1.807, 2.05) is 0 Å². The topological polar surface area (TPSA) is 61.6 Å². The van der Waals surface area contributed by atoms with E-state index in [0.29, 0.717) is 37.3 Å². The van der Waals surface area contributed by atoms with Gasteiger partial charge in [-0.15, -0.1) is 0 Å². The normalized spacial score (nSPS) is 18.5. The number of ether oxygens (including phenoxy) is 2. The Labute approximate surface area is 117 Å². The van der Waals surface area contributed by atoms with Crippen LogP contribution in [0.5, 0.6) is 0 Å². The van der Waals surface area contributed by atoms with Crippen molar-refractivity contribution in [3.05, 3.63) is 0 Å². The second kappa shape index (κ2) is 9.32. The Morgan fingerprint density at radius 2 is 2.00 bits per heavy atom. The monoisotopic (exact) mass is 271 g/mol. The maximum absolute atomic E-state index is 11.7. The SMILES string of the molecule is CC(C)C(CCN)CCC(=O)OCC1CCOCC1. The first-order valence-electron chi connectivity index (χ1n) is 7.57. The summed E-state index contributed by atoms with van der Waals surface area (Å²) in [6, 6.07) is 0. The molecule has 1 atom stereocenters. The van der Waals surface area contributed by atoms with Gasteiger partial charge in [0.25, 0.3) is 0 Å². The highest BCUT2D eigenvalue weighted by atomic mass is 16.5. The number of nitrogens with two attached hydrogens (primary N) is 1. The largest absolute Gasteiger partial charge is 0.465 e. The van der Waals surface area contributed by atoms with Crippen LogP contribution in [0.1, 0.15) is 46.0 Å². The molecule has 0 aromatic carbocycles. The number of esters is 1. The molecule has 0 aromatic heterocycles. The van der Waals surface area contributed by atoms with E-state index in [1.165, 1.54) is 0 Å². The van der Waals surface area contributed by atoms with Crippen molar-refractivity contribution in [2.75, 3.05) is 26.4 Å². The summed E-state index contributed by atoms with van der Waals surface area (Å²) in [5.41, 5.74) is 5.60. The molecule has 0 bridgehead atoms. The average molecular weight is 271 g/mol. The quantitative estimate of drug-likeness (QED) is 0.688. The van der Waals surface area contributed by atoms with E-state index in [0.717, 1.165) is 38.9 Å². The van der Waals surface area contributed by atoms with E-state index < -0.39 is 0 Å². The average Bonchev–Trinajstić information content (AvgIpc) is 2.42. The summed E-state index contributed by atoms with van der Waals surface area (Å²) in [6.07, 6.45) is 4.42. The molecule has 0 radical (unpaired) electrons. The minimum atomic E-state index is -0.0610. The third-order valence-corrected chi connectivity index (χ3v) is 4.02. The van der Waals surface area contributed by atoms with E-state index in [4.69, 9.17) is 15.2 Å². The van der Waals surface area contributed by atoms with Crippen molar-refractivity contribution in [3.63, 3.8) is 0 Å². The Morgan fingerprint density at radius 1 is 1.32 bits per heavy atom. The summed E-state index contributed by atoms with van der Waals surface area (Å²) in [4.78, 5) is 11.7. The molecule has 19 heavy (non-hydrogen) atoms. The summed E-state index contributed by atoms with van der Waals surface area (Å²) < 4.78 is 10.7. The molecule has 1 fully saturated rings. The van der Waals surface area contributed by atoms with Crippen LogP contribution in [-0.4, -0.2) is 32.3 Å². The first-order chi connectivity index (χ1) is 9.13. The van der Waals surface area contributed by atoms with E-state index in [2.05, 4.69) is 13.8 Å². The van der Waals surface area contributed by atoms with Crippen molar-refractivity contribution in [1.82, 2.24) is 0 Å². The van der Waals surface area contributed by atoms with Gasteiger partial charge in [-0.3, -0.25) is 4.79 Å². The number of hydrogen-bond acceptors (Lipinski definition) is 4. The summed E-state index contributed by atoms with van der Waals surface area (Å²) >= 11 is 0. The van der Waals surface area contributed by atoms with Crippen LogP contribution in [0.15, 0.2) is 0 Å². The first-order valence-corrected chi connectivity index (χ1v) is 7.57. The number of rotatable bonds is 8. The third-order valence-electron chi connectivity index (χ3n) is 4.02. The van der Waals surface area contributed by atoms with Crippen LogP contribution >= 0.6 is 0 Å². The van der Waals surface area contributed by atoms with Crippen molar-refractivity contribution in [2.24, 2.45) is 23.5 Å². The molecule has 0 spiro atoms. The van der Waals surface area contributed by atoms with Gasteiger partial charge in [0.05, 0.1) is 6.61 Å². The molecular formula is C15H29NO3. The van der Waals surface area contributed by atoms with Gasteiger partial charge in [-0.1, -0.05) is 13.8 Å². The molecule has 0 aliphatic carbocycles. The van der Waals surface area contributed by atoms with Gasteiger partial charge >= 0.3 is 5.97 Å². The van der Waals surface area contributed by atoms with E-state index >= 15 is 0 Å². The Balaban J connectivity index is 2.15. The minimum absolute atomic E-state index is 0.0610. The summed E-state index contributed by atoms with van der Waals surface area (Å²) in [5, 5.41) is 0. The Morgan fingerprint density at radius 3 is 2.58 bits per heavy atom. The Kier molecular flexibility index (Phi) is 8.07. The van der Waals surface area contributed by atoms with Crippen molar-refractivity contribution in [3.8, 4) is 0 Å². The van der Waals surface area contributed by atoms with Gasteiger partial charge in [0, 0.05) is 19.6 Å². The fraction of sp³-hybridized carbons (Fsp3) is 0.933. The molecule has 1 saturated heterocycles. The van der Waals surface area contributed by atoms with Crippen LogP contribution < -0.4 is 5.73 Å². The molecule has 2 N–H and O–H groups in total. The highest BCUT2D eigenvalue weighted by molar-refractivity contribution is 5.69. The van der Waals surface area contributed by atoms with Gasteiger partial charge in [0.2, 0.25) is 0 Å². The van der Waals surface area contributed by atoms with Gasteiger partial charge in [-0.2, -0.15) is 0 Å². The molecular weight excluding hydrogens is 242 g/mol. The molecule has 1 heterocycles. The molecule has 0 amide bonds. The zero-order valence-electron chi connectivity index (χ0n) is 12.4. The van der Waals surface area contributed by atoms with Crippen LogP contribution in [0.3, 0.4) is 0 Å². The second-order valence-electron chi connectivity index (χ2n) is 5.86. The molecule has 1 aliphatic heterocycles. The van der Waals surface area contributed by atoms with Crippen LogP contribution in [-0.2, 0) is 14.3 Å². The van der Waals surface area contributed by atoms with Crippen molar-refractivity contribution in [2.45, 2.75) is 46.0 Å². The predicted molar refractivity (Wildman–Crippen MR) is 75.7 cm³/mol. The Bertz CT molecular complexity index is 250. The lowest BCUT2D eigenvalue weighted by molar-refractivity contribution is -0.146. The molecule has 0 saturated carbocycles. The smallest absolute Gasteiger partial charge is 0.305 e. The number of carbonyl (C=O) groups is 1. The van der Waals surface area contributed by atoms with Gasteiger partial charge in [0.15, 0.2) is 0 Å². The fourth-order valence-electron chi connectivity index (χ4n) is 2.52. The van der Waals surface area contributed by atoms with E-state index in [-0.39, 0.29) is 5.97 Å². The summed E-state index contributed by atoms with van der Waals surface area (Å²) in [7, 11) is 0.